The molecule has 2 unspecified atom stereocenters. The van der Waals surface area contributed by atoms with E-state index in [1.807, 2.05) is 18.2 Å². The van der Waals surface area contributed by atoms with Crippen LogP contribution in [-0.4, -0.2) is 47.3 Å². The van der Waals surface area contributed by atoms with E-state index in [1.165, 1.54) is 32.1 Å². The molecule has 0 saturated heterocycles. The minimum absolute atomic E-state index is 0.0886. The van der Waals surface area contributed by atoms with Crippen LogP contribution in [0.15, 0.2) is 36.5 Å². The quantitative estimate of drug-likeness (QED) is 0.334. The summed E-state index contributed by atoms with van der Waals surface area (Å²) in [7, 11) is 3.48. The first kappa shape index (κ1) is 24.6. The maximum atomic E-state index is 11.4. The van der Waals surface area contributed by atoms with Crippen LogP contribution in [0.1, 0.15) is 71.1 Å². The molecule has 1 amide bonds. The number of nitrogens with zero attached hydrogens (tertiary/aromatic N) is 1. The molecule has 4 nitrogen and oxygen atoms in total. The van der Waals surface area contributed by atoms with Crippen molar-refractivity contribution in [2.75, 3.05) is 14.1 Å². The summed E-state index contributed by atoms with van der Waals surface area (Å²) >= 11 is 0. The number of hydrogen-bond acceptors (Lipinski definition) is 3. The zero-order valence-corrected chi connectivity index (χ0v) is 16.9. The maximum Gasteiger partial charge on any atom is 0.222 e. The van der Waals surface area contributed by atoms with Gasteiger partial charge in [-0.3, -0.25) is 4.79 Å². The first-order valence-corrected chi connectivity index (χ1v) is 10.0. The molecule has 0 spiro atoms. The summed E-state index contributed by atoms with van der Waals surface area (Å²) in [5.74, 6) is 0.0886. The summed E-state index contributed by atoms with van der Waals surface area (Å²) in [5, 5.41) is 19.7. The lowest BCUT2D eigenvalue weighted by molar-refractivity contribution is -0.128. The molecule has 0 aromatic heterocycles. The molecule has 0 aromatic carbocycles. The fourth-order valence-electron chi connectivity index (χ4n) is 2.53. The Bertz CT molecular complexity index is 427. The summed E-state index contributed by atoms with van der Waals surface area (Å²) in [5.41, 5.74) is 0. The molecule has 4 heteroatoms. The monoisotopic (exact) mass is 365 g/mol. The average molecular weight is 366 g/mol. The minimum atomic E-state index is -0.531. The van der Waals surface area contributed by atoms with E-state index in [9.17, 15) is 15.0 Å². The molecule has 0 aliphatic heterocycles. The Morgan fingerprint density at radius 3 is 1.85 bits per heavy atom. The highest BCUT2D eigenvalue weighted by molar-refractivity contribution is 5.75. The van der Waals surface area contributed by atoms with Crippen LogP contribution in [0.25, 0.3) is 0 Å². The zero-order valence-electron chi connectivity index (χ0n) is 16.9. The van der Waals surface area contributed by atoms with Gasteiger partial charge in [-0.25, -0.2) is 0 Å². The molecular weight excluding hydrogens is 326 g/mol. The minimum Gasteiger partial charge on any atom is -0.389 e. The standard InChI is InChI=1S/C22H39NO3/c1-4-5-6-7-8-11-15-20(24)16-12-9-10-13-17-21(25)18-14-19-22(26)23(2)3/h9-10,12-13,16-17,20-21,24-25H,4-8,11,14-15,18-19H2,1-3H3/b10-9-,16-12+,17-13+. The fraction of sp³-hybridized carbons (Fsp3) is 0.682. The molecule has 2 N–H and O–H groups in total. The molecule has 0 radical (unpaired) electrons. The normalized spacial score (nSPS) is 14.5. The molecule has 0 heterocycles. The Labute approximate surface area is 160 Å². The number of aliphatic hydroxyl groups excluding tert-OH is 2. The van der Waals surface area contributed by atoms with E-state index in [0.717, 1.165) is 12.8 Å². The van der Waals surface area contributed by atoms with Gasteiger partial charge in [0, 0.05) is 20.5 Å². The van der Waals surface area contributed by atoms with Crippen molar-refractivity contribution < 1.29 is 15.0 Å². The third-order valence-electron chi connectivity index (χ3n) is 4.24. The summed E-state index contributed by atoms with van der Waals surface area (Å²) < 4.78 is 0. The van der Waals surface area contributed by atoms with Gasteiger partial charge < -0.3 is 15.1 Å². The van der Waals surface area contributed by atoms with Gasteiger partial charge >= 0.3 is 0 Å². The molecule has 2 atom stereocenters. The fourth-order valence-corrected chi connectivity index (χ4v) is 2.53. The number of allylic oxidation sites excluding steroid dienone is 4. The Morgan fingerprint density at radius 2 is 1.31 bits per heavy atom. The predicted octanol–water partition coefficient (Wildman–Crippen LogP) is 4.39. The van der Waals surface area contributed by atoms with Crippen molar-refractivity contribution in [2.24, 2.45) is 0 Å². The number of unbranched alkanes of at least 4 members (excludes halogenated alkanes) is 5. The van der Waals surface area contributed by atoms with Crippen LogP contribution in [0.3, 0.4) is 0 Å². The van der Waals surface area contributed by atoms with Crippen molar-refractivity contribution in [1.29, 1.82) is 0 Å². The SMILES string of the molecule is CCCCCCCCC(O)/C=C/C=C\C=C\C(O)CCCC(=O)N(C)C. The molecule has 150 valence electrons. The van der Waals surface area contributed by atoms with Gasteiger partial charge in [0.2, 0.25) is 5.91 Å². The predicted molar refractivity (Wildman–Crippen MR) is 110 cm³/mol. The van der Waals surface area contributed by atoms with Gasteiger partial charge in [-0.05, 0) is 19.3 Å². The van der Waals surface area contributed by atoms with Crippen molar-refractivity contribution in [2.45, 2.75) is 83.3 Å². The van der Waals surface area contributed by atoms with Gasteiger partial charge in [-0.1, -0.05) is 81.9 Å². The maximum absolute atomic E-state index is 11.4. The molecule has 26 heavy (non-hydrogen) atoms. The zero-order chi connectivity index (χ0) is 19.6. The van der Waals surface area contributed by atoms with E-state index in [2.05, 4.69) is 6.92 Å². The summed E-state index contributed by atoms with van der Waals surface area (Å²) in [6, 6.07) is 0. The number of rotatable bonds is 15. The molecule has 0 fully saturated rings. The smallest absolute Gasteiger partial charge is 0.222 e. The van der Waals surface area contributed by atoms with Crippen molar-refractivity contribution in [3.63, 3.8) is 0 Å². The Balaban J connectivity index is 3.77. The molecular formula is C22H39NO3. The van der Waals surface area contributed by atoms with Gasteiger partial charge in [0.25, 0.3) is 0 Å². The lowest BCUT2D eigenvalue weighted by Crippen LogP contribution is -2.21. The van der Waals surface area contributed by atoms with Crippen molar-refractivity contribution in [3.8, 4) is 0 Å². The molecule has 0 rings (SSSR count). The molecule has 0 aromatic rings. The largest absolute Gasteiger partial charge is 0.389 e. The number of hydrogen-bond donors (Lipinski definition) is 2. The topological polar surface area (TPSA) is 60.8 Å². The third-order valence-corrected chi connectivity index (χ3v) is 4.24. The second-order valence-corrected chi connectivity index (χ2v) is 7.03. The molecule has 0 bridgehead atoms. The first-order valence-electron chi connectivity index (χ1n) is 10.0. The lowest BCUT2D eigenvalue weighted by Gasteiger charge is -2.10. The van der Waals surface area contributed by atoms with Crippen LogP contribution in [0, 0.1) is 0 Å². The molecule has 0 aliphatic rings. The van der Waals surface area contributed by atoms with Crippen LogP contribution < -0.4 is 0 Å². The highest BCUT2D eigenvalue weighted by Gasteiger charge is 2.05. The highest BCUT2D eigenvalue weighted by atomic mass is 16.3. The summed E-state index contributed by atoms with van der Waals surface area (Å²) in [6.07, 6.45) is 19.9. The van der Waals surface area contributed by atoms with E-state index in [0.29, 0.717) is 19.3 Å². The van der Waals surface area contributed by atoms with Crippen molar-refractivity contribution >= 4 is 5.91 Å². The average Bonchev–Trinajstić information content (AvgIpc) is 2.60. The Hall–Kier alpha value is -1.39. The second kappa shape index (κ2) is 17.0. The number of aliphatic hydroxyl groups is 2. The highest BCUT2D eigenvalue weighted by Crippen LogP contribution is 2.09. The Morgan fingerprint density at radius 1 is 0.808 bits per heavy atom. The second-order valence-electron chi connectivity index (χ2n) is 7.03. The summed E-state index contributed by atoms with van der Waals surface area (Å²) in [4.78, 5) is 13.0. The molecule has 0 saturated carbocycles. The van der Waals surface area contributed by atoms with Gasteiger partial charge in [0.1, 0.15) is 0 Å². The van der Waals surface area contributed by atoms with Crippen molar-refractivity contribution in [3.05, 3.63) is 36.5 Å². The lowest BCUT2D eigenvalue weighted by atomic mass is 10.1. The third kappa shape index (κ3) is 16.1. The van der Waals surface area contributed by atoms with Crippen LogP contribution >= 0.6 is 0 Å². The van der Waals surface area contributed by atoms with E-state index in [4.69, 9.17) is 0 Å². The Kier molecular flexibility index (Phi) is 16.1. The van der Waals surface area contributed by atoms with Gasteiger partial charge in [-0.15, -0.1) is 0 Å². The van der Waals surface area contributed by atoms with Gasteiger partial charge in [0.15, 0.2) is 0 Å². The first-order chi connectivity index (χ1) is 12.5. The van der Waals surface area contributed by atoms with Crippen LogP contribution in [0.5, 0.6) is 0 Å². The summed E-state index contributed by atoms with van der Waals surface area (Å²) in [6.45, 7) is 2.21. The van der Waals surface area contributed by atoms with E-state index in [-0.39, 0.29) is 12.0 Å². The van der Waals surface area contributed by atoms with E-state index >= 15 is 0 Å². The number of carbonyl (C=O) groups is 1. The van der Waals surface area contributed by atoms with Crippen LogP contribution in [0.4, 0.5) is 0 Å². The van der Waals surface area contributed by atoms with E-state index in [1.54, 1.807) is 37.2 Å². The van der Waals surface area contributed by atoms with Gasteiger partial charge in [-0.2, -0.15) is 0 Å². The van der Waals surface area contributed by atoms with Crippen LogP contribution in [-0.2, 0) is 4.79 Å². The number of carbonyl (C=O) groups excluding carboxylic acids is 1. The van der Waals surface area contributed by atoms with E-state index < -0.39 is 6.10 Å². The molecule has 0 aliphatic carbocycles. The number of amides is 1. The van der Waals surface area contributed by atoms with Gasteiger partial charge in [0.05, 0.1) is 12.2 Å². The van der Waals surface area contributed by atoms with Crippen LogP contribution in [0.2, 0.25) is 0 Å². The van der Waals surface area contributed by atoms with Crippen molar-refractivity contribution in [1.82, 2.24) is 4.90 Å².